The van der Waals surface area contributed by atoms with Crippen molar-refractivity contribution in [2.45, 2.75) is 13.0 Å². The first-order valence-electron chi connectivity index (χ1n) is 4.07. The van der Waals surface area contributed by atoms with Gasteiger partial charge in [-0.25, -0.2) is 0 Å². The number of rotatable bonds is 2. The zero-order valence-electron chi connectivity index (χ0n) is 7.33. The lowest BCUT2D eigenvalue weighted by molar-refractivity contribution is 0.408. The van der Waals surface area contributed by atoms with Crippen molar-refractivity contribution in [3.8, 4) is 5.75 Å². The minimum absolute atomic E-state index is 0.343. The van der Waals surface area contributed by atoms with Gasteiger partial charge in [0, 0.05) is 0 Å². The standard InChI is InChI=1S/C10H12O2/c1-7-5-8(11-2)3-4-9(7)10-6-12-10/h3-5,10H,6H2,1-2H3/t10-/m1/s1. The number of ether oxygens (including phenoxy) is 2. The largest absolute Gasteiger partial charge is 0.497 e. The van der Waals surface area contributed by atoms with E-state index >= 15 is 0 Å². The van der Waals surface area contributed by atoms with E-state index in [0.29, 0.717) is 6.10 Å². The molecule has 1 fully saturated rings. The third kappa shape index (κ3) is 1.30. The zero-order valence-corrected chi connectivity index (χ0v) is 7.33. The van der Waals surface area contributed by atoms with E-state index < -0.39 is 0 Å². The van der Waals surface area contributed by atoms with Gasteiger partial charge >= 0.3 is 0 Å². The lowest BCUT2D eigenvalue weighted by atomic mass is 10.1. The van der Waals surface area contributed by atoms with Crippen LogP contribution >= 0.6 is 0 Å². The maximum absolute atomic E-state index is 5.21. The summed E-state index contributed by atoms with van der Waals surface area (Å²) in [5, 5.41) is 0. The van der Waals surface area contributed by atoms with Gasteiger partial charge in [0.25, 0.3) is 0 Å². The van der Waals surface area contributed by atoms with Crippen LogP contribution in [0.25, 0.3) is 0 Å². The first kappa shape index (κ1) is 7.62. The van der Waals surface area contributed by atoms with Gasteiger partial charge in [0.05, 0.1) is 13.7 Å². The number of epoxide rings is 1. The molecule has 2 nitrogen and oxygen atoms in total. The van der Waals surface area contributed by atoms with Crippen molar-refractivity contribution in [2.24, 2.45) is 0 Å². The summed E-state index contributed by atoms with van der Waals surface area (Å²) >= 11 is 0. The van der Waals surface area contributed by atoms with Crippen molar-refractivity contribution in [3.05, 3.63) is 29.3 Å². The van der Waals surface area contributed by atoms with Crippen LogP contribution in [0.4, 0.5) is 0 Å². The molecule has 2 heteroatoms. The average Bonchev–Trinajstić information content (AvgIpc) is 2.87. The second kappa shape index (κ2) is 2.79. The molecule has 0 spiro atoms. The van der Waals surface area contributed by atoms with Gasteiger partial charge in [0.2, 0.25) is 0 Å². The fourth-order valence-electron chi connectivity index (χ4n) is 1.36. The average molecular weight is 164 g/mol. The topological polar surface area (TPSA) is 21.8 Å². The lowest BCUT2D eigenvalue weighted by Gasteiger charge is -2.04. The Labute approximate surface area is 72.1 Å². The summed E-state index contributed by atoms with van der Waals surface area (Å²) in [7, 11) is 1.68. The minimum Gasteiger partial charge on any atom is -0.497 e. The summed E-state index contributed by atoms with van der Waals surface area (Å²) in [6.07, 6.45) is 0.343. The molecular formula is C10H12O2. The minimum atomic E-state index is 0.343. The molecular weight excluding hydrogens is 152 g/mol. The van der Waals surface area contributed by atoms with E-state index in [4.69, 9.17) is 9.47 Å². The predicted molar refractivity (Wildman–Crippen MR) is 46.4 cm³/mol. The smallest absolute Gasteiger partial charge is 0.119 e. The van der Waals surface area contributed by atoms with E-state index in [1.54, 1.807) is 7.11 Å². The number of hydrogen-bond donors (Lipinski definition) is 0. The van der Waals surface area contributed by atoms with E-state index in [1.165, 1.54) is 11.1 Å². The summed E-state index contributed by atoms with van der Waals surface area (Å²) in [5.74, 6) is 0.914. The number of aryl methyl sites for hydroxylation is 1. The summed E-state index contributed by atoms with van der Waals surface area (Å²) in [6.45, 7) is 2.95. The highest BCUT2D eigenvalue weighted by Gasteiger charge is 2.26. The Morgan fingerprint density at radius 2 is 2.25 bits per heavy atom. The van der Waals surface area contributed by atoms with E-state index in [-0.39, 0.29) is 0 Å². The second-order valence-electron chi connectivity index (χ2n) is 3.04. The van der Waals surface area contributed by atoms with Gasteiger partial charge < -0.3 is 9.47 Å². The van der Waals surface area contributed by atoms with Crippen LogP contribution in [0.15, 0.2) is 18.2 Å². The van der Waals surface area contributed by atoms with Gasteiger partial charge in [-0.3, -0.25) is 0 Å². The van der Waals surface area contributed by atoms with Crippen LogP contribution in [0.2, 0.25) is 0 Å². The van der Waals surface area contributed by atoms with Crippen LogP contribution < -0.4 is 4.74 Å². The molecule has 0 N–H and O–H groups in total. The molecule has 1 aliphatic heterocycles. The SMILES string of the molecule is COc1ccc([C@H]2CO2)c(C)c1. The molecule has 0 aromatic heterocycles. The first-order valence-corrected chi connectivity index (χ1v) is 4.07. The summed E-state index contributed by atoms with van der Waals surface area (Å²) in [6, 6.07) is 6.09. The van der Waals surface area contributed by atoms with Crippen molar-refractivity contribution in [1.29, 1.82) is 0 Å². The van der Waals surface area contributed by atoms with Crippen molar-refractivity contribution in [1.82, 2.24) is 0 Å². The third-order valence-electron chi connectivity index (χ3n) is 2.16. The molecule has 0 bridgehead atoms. The number of benzene rings is 1. The molecule has 0 amide bonds. The van der Waals surface area contributed by atoms with Gasteiger partial charge in [-0.15, -0.1) is 0 Å². The Morgan fingerprint density at radius 1 is 1.50 bits per heavy atom. The fraction of sp³-hybridized carbons (Fsp3) is 0.400. The zero-order chi connectivity index (χ0) is 8.55. The summed E-state index contributed by atoms with van der Waals surface area (Å²) in [4.78, 5) is 0. The molecule has 0 unspecified atom stereocenters. The van der Waals surface area contributed by atoms with E-state index in [1.807, 2.05) is 12.1 Å². The molecule has 1 heterocycles. The molecule has 12 heavy (non-hydrogen) atoms. The van der Waals surface area contributed by atoms with Gasteiger partial charge in [0.1, 0.15) is 11.9 Å². The highest BCUT2D eigenvalue weighted by atomic mass is 16.6. The Bertz CT molecular complexity index is 290. The normalized spacial score (nSPS) is 20.7. The van der Waals surface area contributed by atoms with Crippen LogP contribution in [0, 0.1) is 6.92 Å². The van der Waals surface area contributed by atoms with Crippen LogP contribution in [0.1, 0.15) is 17.2 Å². The maximum Gasteiger partial charge on any atom is 0.119 e. The van der Waals surface area contributed by atoms with Crippen molar-refractivity contribution >= 4 is 0 Å². The molecule has 2 rings (SSSR count). The van der Waals surface area contributed by atoms with E-state index in [9.17, 15) is 0 Å². The van der Waals surface area contributed by atoms with E-state index in [2.05, 4.69) is 13.0 Å². The number of methoxy groups -OCH3 is 1. The third-order valence-corrected chi connectivity index (χ3v) is 2.16. The van der Waals surface area contributed by atoms with Crippen LogP contribution in [-0.4, -0.2) is 13.7 Å². The molecule has 0 saturated carbocycles. The van der Waals surface area contributed by atoms with E-state index in [0.717, 1.165) is 12.4 Å². The predicted octanol–water partition coefficient (Wildman–Crippen LogP) is 2.07. The molecule has 64 valence electrons. The fourth-order valence-corrected chi connectivity index (χ4v) is 1.36. The lowest BCUT2D eigenvalue weighted by Crippen LogP contribution is -1.89. The Hall–Kier alpha value is -1.02. The maximum atomic E-state index is 5.21. The molecule has 1 atom stereocenters. The molecule has 1 aliphatic rings. The number of hydrogen-bond acceptors (Lipinski definition) is 2. The van der Waals surface area contributed by atoms with Gasteiger partial charge in [-0.1, -0.05) is 6.07 Å². The van der Waals surface area contributed by atoms with Gasteiger partial charge in [-0.2, -0.15) is 0 Å². The summed E-state index contributed by atoms with van der Waals surface area (Å²) in [5.41, 5.74) is 2.53. The Kier molecular flexibility index (Phi) is 1.77. The highest BCUT2D eigenvalue weighted by molar-refractivity contribution is 5.37. The first-order chi connectivity index (χ1) is 5.81. The quantitative estimate of drug-likeness (QED) is 0.624. The Balaban J connectivity index is 2.32. The van der Waals surface area contributed by atoms with Crippen molar-refractivity contribution in [2.75, 3.05) is 13.7 Å². The molecule has 0 radical (unpaired) electrons. The monoisotopic (exact) mass is 164 g/mol. The van der Waals surface area contributed by atoms with Crippen LogP contribution in [-0.2, 0) is 4.74 Å². The van der Waals surface area contributed by atoms with Crippen LogP contribution in [0.5, 0.6) is 5.75 Å². The van der Waals surface area contributed by atoms with Crippen molar-refractivity contribution in [3.63, 3.8) is 0 Å². The highest BCUT2D eigenvalue weighted by Crippen LogP contribution is 2.33. The van der Waals surface area contributed by atoms with Gasteiger partial charge in [0.15, 0.2) is 0 Å². The molecule has 1 aromatic carbocycles. The molecule has 0 aliphatic carbocycles. The van der Waals surface area contributed by atoms with Crippen molar-refractivity contribution < 1.29 is 9.47 Å². The Morgan fingerprint density at radius 3 is 2.75 bits per heavy atom. The molecule has 1 aromatic rings. The second-order valence-corrected chi connectivity index (χ2v) is 3.04. The molecule has 1 saturated heterocycles. The van der Waals surface area contributed by atoms with Gasteiger partial charge in [-0.05, 0) is 30.2 Å². The van der Waals surface area contributed by atoms with Crippen LogP contribution in [0.3, 0.4) is 0 Å². The summed E-state index contributed by atoms with van der Waals surface area (Å²) < 4.78 is 10.3.